The molecule has 0 saturated carbocycles. The summed E-state index contributed by atoms with van der Waals surface area (Å²) in [6, 6.07) is 6.59. The number of aryl methyl sites for hydroxylation is 1. The molecule has 0 fully saturated rings. The molecule has 1 rings (SSSR count). The molecule has 5 heteroatoms. The molecule has 1 aromatic carbocycles. The van der Waals surface area contributed by atoms with Gasteiger partial charge in [0.25, 0.3) is 5.91 Å². The summed E-state index contributed by atoms with van der Waals surface area (Å²) in [5.41, 5.74) is 1.20. The van der Waals surface area contributed by atoms with Crippen molar-refractivity contribution in [3.63, 3.8) is 0 Å². The van der Waals surface area contributed by atoms with Crippen LogP contribution in [0.5, 0.6) is 0 Å². The third-order valence-corrected chi connectivity index (χ3v) is 3.99. The molecule has 0 aromatic heterocycles. The van der Waals surface area contributed by atoms with Crippen LogP contribution in [0.25, 0.3) is 0 Å². The molecular weight excluding hydrogens is 304 g/mol. The van der Waals surface area contributed by atoms with Crippen LogP contribution in [0.3, 0.4) is 0 Å². The normalized spacial score (nSPS) is 14.2. The topological polar surface area (TPSA) is 78.4 Å². The minimum Gasteiger partial charge on any atom is -0.391 e. The first-order valence-electron chi connectivity index (χ1n) is 8.35. The number of carbonyl (C=O) groups is 2. The molecule has 0 heterocycles. The van der Waals surface area contributed by atoms with E-state index >= 15 is 0 Å². The fourth-order valence-corrected chi connectivity index (χ4v) is 2.16. The second-order valence-corrected chi connectivity index (χ2v) is 7.69. The smallest absolute Gasteiger partial charge is 0.251 e. The summed E-state index contributed by atoms with van der Waals surface area (Å²) in [6.45, 7) is 11.5. The maximum absolute atomic E-state index is 12.4. The highest BCUT2D eigenvalue weighted by molar-refractivity contribution is 5.97. The highest BCUT2D eigenvalue weighted by atomic mass is 16.3. The second kappa shape index (κ2) is 8.29. The SMILES string of the molecule is Cc1cccc(C(=O)NC(C(=O)NCC(O)C(C)(C)C)C(C)C)c1. The van der Waals surface area contributed by atoms with Crippen LogP contribution in [0.15, 0.2) is 24.3 Å². The van der Waals surface area contributed by atoms with E-state index in [1.54, 1.807) is 12.1 Å². The molecule has 2 unspecified atom stereocenters. The number of aliphatic hydroxyl groups is 1. The molecule has 1 aromatic rings. The van der Waals surface area contributed by atoms with Gasteiger partial charge in [0.15, 0.2) is 0 Å². The van der Waals surface area contributed by atoms with Crippen LogP contribution in [0.1, 0.15) is 50.5 Å². The van der Waals surface area contributed by atoms with Crippen LogP contribution in [-0.2, 0) is 4.79 Å². The number of aliphatic hydroxyl groups excluding tert-OH is 1. The van der Waals surface area contributed by atoms with E-state index in [9.17, 15) is 14.7 Å². The lowest BCUT2D eigenvalue weighted by Gasteiger charge is -2.28. The number of nitrogens with one attached hydrogen (secondary N) is 2. The lowest BCUT2D eigenvalue weighted by Crippen LogP contribution is -2.51. The Balaban J connectivity index is 2.73. The minimum atomic E-state index is -0.651. The van der Waals surface area contributed by atoms with Gasteiger partial charge in [0.2, 0.25) is 5.91 Å². The Kier molecular flexibility index (Phi) is 6.96. The molecular formula is C19H30N2O3. The van der Waals surface area contributed by atoms with Gasteiger partial charge in [-0.25, -0.2) is 0 Å². The van der Waals surface area contributed by atoms with Crippen molar-refractivity contribution in [2.75, 3.05) is 6.54 Å². The van der Waals surface area contributed by atoms with E-state index in [0.29, 0.717) is 5.56 Å². The molecule has 2 amide bonds. The maximum atomic E-state index is 12.4. The first kappa shape index (κ1) is 20.2. The highest BCUT2D eigenvalue weighted by Crippen LogP contribution is 2.18. The van der Waals surface area contributed by atoms with Gasteiger partial charge in [0.1, 0.15) is 6.04 Å². The van der Waals surface area contributed by atoms with Crippen LogP contribution in [0, 0.1) is 18.3 Å². The summed E-state index contributed by atoms with van der Waals surface area (Å²) in [7, 11) is 0. The highest BCUT2D eigenvalue weighted by Gasteiger charge is 2.27. The van der Waals surface area contributed by atoms with Gasteiger partial charge in [-0.1, -0.05) is 52.3 Å². The predicted octanol–water partition coefficient (Wildman–Crippen LogP) is 2.27. The molecule has 0 aliphatic heterocycles. The monoisotopic (exact) mass is 334 g/mol. The molecule has 24 heavy (non-hydrogen) atoms. The third kappa shape index (κ3) is 5.96. The fourth-order valence-electron chi connectivity index (χ4n) is 2.16. The van der Waals surface area contributed by atoms with Crippen molar-refractivity contribution in [1.82, 2.24) is 10.6 Å². The Labute approximate surface area is 144 Å². The minimum absolute atomic E-state index is 0.0643. The van der Waals surface area contributed by atoms with E-state index in [1.165, 1.54) is 0 Å². The Bertz CT molecular complexity index is 576. The zero-order chi connectivity index (χ0) is 18.5. The van der Waals surface area contributed by atoms with Crippen molar-refractivity contribution in [2.45, 2.75) is 53.7 Å². The van der Waals surface area contributed by atoms with Gasteiger partial charge < -0.3 is 15.7 Å². The predicted molar refractivity (Wildman–Crippen MR) is 95.7 cm³/mol. The van der Waals surface area contributed by atoms with E-state index in [0.717, 1.165) is 5.56 Å². The van der Waals surface area contributed by atoms with E-state index in [2.05, 4.69) is 10.6 Å². The van der Waals surface area contributed by atoms with Crippen molar-refractivity contribution in [2.24, 2.45) is 11.3 Å². The van der Waals surface area contributed by atoms with Gasteiger partial charge in [-0.05, 0) is 30.4 Å². The quantitative estimate of drug-likeness (QED) is 0.747. The van der Waals surface area contributed by atoms with E-state index in [1.807, 2.05) is 53.7 Å². The van der Waals surface area contributed by atoms with Crippen molar-refractivity contribution in [3.8, 4) is 0 Å². The van der Waals surface area contributed by atoms with E-state index < -0.39 is 12.1 Å². The third-order valence-electron chi connectivity index (χ3n) is 3.99. The second-order valence-electron chi connectivity index (χ2n) is 7.69. The van der Waals surface area contributed by atoms with Gasteiger partial charge >= 0.3 is 0 Å². The van der Waals surface area contributed by atoms with E-state index in [4.69, 9.17) is 0 Å². The summed E-state index contributed by atoms with van der Waals surface area (Å²) in [6.07, 6.45) is -0.651. The Hall–Kier alpha value is -1.88. The standard InChI is InChI=1S/C19H30N2O3/c1-12(2)16(18(24)20-11-15(22)19(4,5)6)21-17(23)14-9-7-8-13(3)10-14/h7-10,12,15-16,22H,11H2,1-6H3,(H,20,24)(H,21,23). The number of hydrogen-bond donors (Lipinski definition) is 3. The zero-order valence-electron chi connectivity index (χ0n) is 15.5. The lowest BCUT2D eigenvalue weighted by molar-refractivity contribution is -0.124. The van der Waals surface area contributed by atoms with Crippen LogP contribution < -0.4 is 10.6 Å². The number of rotatable bonds is 6. The molecule has 0 saturated heterocycles. The van der Waals surface area contributed by atoms with Gasteiger partial charge in [0.05, 0.1) is 6.10 Å². The van der Waals surface area contributed by atoms with Crippen LogP contribution in [-0.4, -0.2) is 35.6 Å². The van der Waals surface area contributed by atoms with E-state index in [-0.39, 0.29) is 29.7 Å². The molecule has 0 spiro atoms. The summed E-state index contributed by atoms with van der Waals surface area (Å²) < 4.78 is 0. The zero-order valence-corrected chi connectivity index (χ0v) is 15.5. The Morgan fingerprint density at radius 3 is 2.33 bits per heavy atom. The van der Waals surface area contributed by atoms with Gasteiger partial charge in [-0.15, -0.1) is 0 Å². The van der Waals surface area contributed by atoms with Crippen molar-refractivity contribution < 1.29 is 14.7 Å². The molecule has 0 bridgehead atoms. The average Bonchev–Trinajstić information content (AvgIpc) is 2.48. The average molecular weight is 334 g/mol. The van der Waals surface area contributed by atoms with Crippen LogP contribution in [0.4, 0.5) is 0 Å². The first-order valence-corrected chi connectivity index (χ1v) is 8.35. The maximum Gasteiger partial charge on any atom is 0.251 e. The first-order chi connectivity index (χ1) is 11.0. The largest absolute Gasteiger partial charge is 0.391 e. The van der Waals surface area contributed by atoms with Gasteiger partial charge in [-0.2, -0.15) is 0 Å². The van der Waals surface area contributed by atoms with Crippen molar-refractivity contribution in [1.29, 1.82) is 0 Å². The molecule has 0 aliphatic carbocycles. The number of benzene rings is 1. The van der Waals surface area contributed by atoms with Crippen molar-refractivity contribution in [3.05, 3.63) is 35.4 Å². The summed E-state index contributed by atoms with van der Waals surface area (Å²) >= 11 is 0. The lowest BCUT2D eigenvalue weighted by atomic mass is 9.89. The molecule has 2 atom stereocenters. The molecule has 3 N–H and O–H groups in total. The summed E-state index contributed by atoms with van der Waals surface area (Å²) in [5.74, 6) is -0.622. The van der Waals surface area contributed by atoms with Crippen LogP contribution in [0.2, 0.25) is 0 Å². The number of hydrogen-bond acceptors (Lipinski definition) is 3. The summed E-state index contributed by atoms with van der Waals surface area (Å²) in [5, 5.41) is 15.6. The Morgan fingerprint density at radius 1 is 1.21 bits per heavy atom. The molecule has 0 aliphatic rings. The molecule has 0 radical (unpaired) electrons. The molecule has 5 nitrogen and oxygen atoms in total. The van der Waals surface area contributed by atoms with Crippen molar-refractivity contribution >= 4 is 11.8 Å². The number of amides is 2. The molecule has 134 valence electrons. The van der Waals surface area contributed by atoms with Crippen LogP contribution >= 0.6 is 0 Å². The van der Waals surface area contributed by atoms with Gasteiger partial charge in [-0.3, -0.25) is 9.59 Å². The number of carbonyl (C=O) groups excluding carboxylic acids is 2. The Morgan fingerprint density at radius 2 is 1.83 bits per heavy atom. The summed E-state index contributed by atoms with van der Waals surface area (Å²) in [4.78, 5) is 24.8. The van der Waals surface area contributed by atoms with Gasteiger partial charge in [0, 0.05) is 12.1 Å². The fraction of sp³-hybridized carbons (Fsp3) is 0.579.